The van der Waals surface area contributed by atoms with Gasteiger partial charge < -0.3 is 10.0 Å². The number of halogens is 1. The Morgan fingerprint density at radius 3 is 2.74 bits per heavy atom. The Balaban J connectivity index is 1.09. The molecule has 1 heterocycles. The molecule has 34 heavy (non-hydrogen) atoms. The van der Waals surface area contributed by atoms with Gasteiger partial charge >= 0.3 is 0 Å². The average Bonchev–Trinajstić information content (AvgIpc) is 3.12. The lowest BCUT2D eigenvalue weighted by Crippen LogP contribution is -2.57. The summed E-state index contributed by atoms with van der Waals surface area (Å²) in [6.45, 7) is 5.65. The molecule has 1 aromatic carbocycles. The number of nitrogens with zero attached hydrogens (tertiary/aromatic N) is 1. The maximum Gasteiger partial charge on any atom is 0.227 e. The van der Waals surface area contributed by atoms with Crippen LogP contribution >= 0.6 is 0 Å². The first kappa shape index (κ1) is 23.0. The summed E-state index contributed by atoms with van der Waals surface area (Å²) in [5.74, 6) is 3.21. The van der Waals surface area contributed by atoms with Gasteiger partial charge in [0.05, 0.1) is 12.6 Å². The fourth-order valence-corrected chi connectivity index (χ4v) is 9.80. The number of rotatable bonds is 4. The standard InChI is InChI=1S/C30H42FNO2/c1-29-14-4-3-6-21(29)17-26(33)28-23-11-9-20(30(23,2)15-13-24(28)29)7-5-8-27(34)32-18-19-16-22(31)10-12-25(19)32/h10,12,16,20-21,23-24,26,28,33H,3-9,11,13-15,17-18H2,1-2H3/t20-,21?,23?,24?,26?,28?,29?,30?/m0/s1. The van der Waals surface area contributed by atoms with Gasteiger partial charge in [-0.3, -0.25) is 4.79 Å². The van der Waals surface area contributed by atoms with E-state index in [-0.39, 0.29) is 17.8 Å². The van der Waals surface area contributed by atoms with Crippen molar-refractivity contribution in [1.82, 2.24) is 0 Å². The molecule has 4 aliphatic carbocycles. The van der Waals surface area contributed by atoms with Crippen molar-refractivity contribution in [2.45, 2.75) is 104 Å². The number of hydrogen-bond donors (Lipinski definition) is 1. The average molecular weight is 468 g/mol. The summed E-state index contributed by atoms with van der Waals surface area (Å²) >= 11 is 0. The summed E-state index contributed by atoms with van der Waals surface area (Å²) in [5.41, 5.74) is 2.60. The maximum atomic E-state index is 13.4. The van der Waals surface area contributed by atoms with Crippen molar-refractivity contribution < 1.29 is 14.3 Å². The van der Waals surface area contributed by atoms with Gasteiger partial charge in [-0.25, -0.2) is 4.39 Å². The van der Waals surface area contributed by atoms with Gasteiger partial charge in [-0.15, -0.1) is 0 Å². The Hall–Kier alpha value is -1.42. The topological polar surface area (TPSA) is 40.5 Å². The number of aliphatic hydroxyl groups is 1. The molecule has 1 amide bonds. The van der Waals surface area contributed by atoms with Crippen LogP contribution in [0.2, 0.25) is 0 Å². The molecule has 6 rings (SSSR count). The summed E-state index contributed by atoms with van der Waals surface area (Å²) in [6, 6.07) is 4.73. The first-order chi connectivity index (χ1) is 16.3. The largest absolute Gasteiger partial charge is 0.393 e. The van der Waals surface area contributed by atoms with Gasteiger partial charge in [0.2, 0.25) is 5.91 Å². The number of aliphatic hydroxyl groups excluding tert-OH is 1. The Kier molecular flexibility index (Phi) is 5.63. The highest BCUT2D eigenvalue weighted by molar-refractivity contribution is 5.97. The van der Waals surface area contributed by atoms with Gasteiger partial charge in [-0.05, 0) is 122 Å². The number of benzene rings is 1. The monoisotopic (exact) mass is 467 g/mol. The van der Waals surface area contributed by atoms with Crippen LogP contribution in [0.5, 0.6) is 0 Å². The minimum Gasteiger partial charge on any atom is -0.393 e. The van der Waals surface area contributed by atoms with E-state index in [0.717, 1.165) is 36.4 Å². The molecule has 0 bridgehead atoms. The molecule has 1 aromatic rings. The van der Waals surface area contributed by atoms with Gasteiger partial charge in [-0.2, -0.15) is 0 Å². The first-order valence-corrected chi connectivity index (χ1v) is 14.1. The maximum absolute atomic E-state index is 13.4. The zero-order valence-electron chi connectivity index (χ0n) is 21.1. The predicted molar refractivity (Wildman–Crippen MR) is 133 cm³/mol. The number of fused-ring (bicyclic) bond motifs is 6. The number of amides is 1. The summed E-state index contributed by atoms with van der Waals surface area (Å²) in [4.78, 5) is 14.6. The molecule has 4 heteroatoms. The quantitative estimate of drug-likeness (QED) is 0.525. The fraction of sp³-hybridized carbons (Fsp3) is 0.767. The number of carbonyl (C=O) groups is 1. The van der Waals surface area contributed by atoms with E-state index >= 15 is 0 Å². The van der Waals surface area contributed by atoms with Crippen LogP contribution in [0, 0.1) is 46.2 Å². The molecule has 4 saturated carbocycles. The minimum absolute atomic E-state index is 0.109. The molecule has 5 aliphatic rings. The van der Waals surface area contributed by atoms with E-state index < -0.39 is 0 Å². The molecule has 3 nitrogen and oxygen atoms in total. The third-order valence-corrected chi connectivity index (χ3v) is 11.7. The summed E-state index contributed by atoms with van der Waals surface area (Å²) in [7, 11) is 0. The van der Waals surface area contributed by atoms with Crippen LogP contribution in [-0.2, 0) is 11.3 Å². The van der Waals surface area contributed by atoms with E-state index in [2.05, 4.69) is 13.8 Å². The summed E-state index contributed by atoms with van der Waals surface area (Å²) < 4.78 is 13.4. The summed E-state index contributed by atoms with van der Waals surface area (Å²) in [6.07, 6.45) is 14.1. The second kappa shape index (κ2) is 8.32. The molecular weight excluding hydrogens is 425 g/mol. The fourth-order valence-electron chi connectivity index (χ4n) is 9.80. The van der Waals surface area contributed by atoms with E-state index in [1.807, 2.05) is 4.90 Å². The number of carbonyl (C=O) groups excluding carboxylic acids is 1. The SMILES string of the molecule is CC12CCCCC1CC(O)C1C2CCC2(C)C1CC[C@@H]2CCCC(=O)N1Cc2cc(F)ccc21. The lowest BCUT2D eigenvalue weighted by Gasteiger charge is -2.62. The molecule has 0 aromatic heterocycles. The predicted octanol–water partition coefficient (Wildman–Crippen LogP) is 6.86. The van der Waals surface area contributed by atoms with Gasteiger partial charge in [-0.1, -0.05) is 26.7 Å². The second-order valence-corrected chi connectivity index (χ2v) is 13.0. The van der Waals surface area contributed by atoms with Crippen LogP contribution < -0.4 is 4.90 Å². The highest BCUT2D eigenvalue weighted by atomic mass is 19.1. The Morgan fingerprint density at radius 1 is 1.09 bits per heavy atom. The van der Waals surface area contributed by atoms with Gasteiger partial charge in [0, 0.05) is 12.1 Å². The zero-order valence-corrected chi connectivity index (χ0v) is 21.1. The molecule has 8 atom stereocenters. The van der Waals surface area contributed by atoms with Gasteiger partial charge in [0.25, 0.3) is 0 Å². The van der Waals surface area contributed by atoms with E-state index in [1.54, 1.807) is 12.1 Å². The molecule has 1 aliphatic heterocycles. The normalized spacial score (nSPS) is 42.8. The molecule has 4 fully saturated rings. The summed E-state index contributed by atoms with van der Waals surface area (Å²) in [5, 5.41) is 11.4. The van der Waals surface area contributed by atoms with Gasteiger partial charge in [0.1, 0.15) is 5.82 Å². The van der Waals surface area contributed by atoms with Crippen LogP contribution in [0.25, 0.3) is 0 Å². The molecular formula is C30H42FNO2. The molecule has 0 saturated heterocycles. The highest BCUT2D eigenvalue weighted by Crippen LogP contribution is 2.67. The lowest BCUT2D eigenvalue weighted by atomic mass is 9.44. The van der Waals surface area contributed by atoms with Crippen LogP contribution in [0.1, 0.15) is 96.5 Å². The van der Waals surface area contributed by atoms with Gasteiger partial charge in [0.15, 0.2) is 0 Å². The molecule has 0 radical (unpaired) electrons. The molecule has 0 spiro atoms. The first-order valence-electron chi connectivity index (χ1n) is 14.1. The Morgan fingerprint density at radius 2 is 1.91 bits per heavy atom. The Labute approximate surface area is 204 Å². The van der Waals surface area contributed by atoms with Crippen molar-refractivity contribution in [3.8, 4) is 0 Å². The van der Waals surface area contributed by atoms with E-state index in [9.17, 15) is 14.3 Å². The highest BCUT2D eigenvalue weighted by Gasteiger charge is 2.61. The zero-order chi connectivity index (χ0) is 23.7. The third-order valence-electron chi connectivity index (χ3n) is 11.7. The smallest absolute Gasteiger partial charge is 0.227 e. The van der Waals surface area contributed by atoms with Crippen molar-refractivity contribution >= 4 is 11.6 Å². The van der Waals surface area contributed by atoms with E-state index in [1.165, 1.54) is 57.4 Å². The number of hydrogen-bond acceptors (Lipinski definition) is 2. The van der Waals surface area contributed by atoms with E-state index in [0.29, 0.717) is 47.5 Å². The van der Waals surface area contributed by atoms with Crippen molar-refractivity contribution in [2.75, 3.05) is 4.90 Å². The second-order valence-electron chi connectivity index (χ2n) is 13.0. The molecule has 1 N–H and O–H groups in total. The minimum atomic E-state index is -0.222. The molecule has 7 unspecified atom stereocenters. The van der Waals surface area contributed by atoms with Crippen molar-refractivity contribution in [1.29, 1.82) is 0 Å². The van der Waals surface area contributed by atoms with Crippen LogP contribution in [0.15, 0.2) is 18.2 Å². The van der Waals surface area contributed by atoms with Crippen LogP contribution in [0.3, 0.4) is 0 Å². The van der Waals surface area contributed by atoms with Crippen LogP contribution in [-0.4, -0.2) is 17.1 Å². The number of anilines is 1. The molecule has 186 valence electrons. The lowest BCUT2D eigenvalue weighted by molar-refractivity contribution is -0.162. The van der Waals surface area contributed by atoms with Crippen molar-refractivity contribution in [3.63, 3.8) is 0 Å². The Bertz CT molecular complexity index is 963. The third kappa shape index (κ3) is 3.41. The van der Waals surface area contributed by atoms with Crippen molar-refractivity contribution in [3.05, 3.63) is 29.6 Å². The van der Waals surface area contributed by atoms with E-state index in [4.69, 9.17) is 0 Å². The van der Waals surface area contributed by atoms with Crippen molar-refractivity contribution in [2.24, 2.45) is 40.4 Å². The van der Waals surface area contributed by atoms with Crippen LogP contribution in [0.4, 0.5) is 10.1 Å².